The molecule has 150 valence electrons. The number of carbonyl (C=O) groups excluding carboxylic acids is 2. The van der Waals surface area contributed by atoms with E-state index in [-0.39, 0.29) is 0 Å². The largest absolute Gasteiger partial charge is 0.496 e. The number of thiophene rings is 1. The Kier molecular flexibility index (Phi) is 7.04. The lowest BCUT2D eigenvalue weighted by Crippen LogP contribution is -2.20. The fourth-order valence-corrected chi connectivity index (χ4v) is 4.51. The molecule has 1 amide bonds. The predicted octanol–water partition coefficient (Wildman–Crippen LogP) is 4.09. The Balaban J connectivity index is 1.57. The molecule has 0 spiro atoms. The lowest BCUT2D eigenvalue weighted by atomic mass is 10.1. The van der Waals surface area contributed by atoms with Crippen LogP contribution in [-0.2, 0) is 27.2 Å². The maximum Gasteiger partial charge on any atom is 0.331 e. The Morgan fingerprint density at radius 3 is 2.83 bits per heavy atom. The molecule has 1 aromatic carbocycles. The smallest absolute Gasteiger partial charge is 0.331 e. The highest BCUT2D eigenvalue weighted by Crippen LogP contribution is 2.36. The number of nitriles is 1. The molecule has 1 heterocycles. The average Bonchev–Trinajstić information content (AvgIpc) is 2.89. The number of methoxy groups -OCH3 is 1. The van der Waals surface area contributed by atoms with Crippen LogP contribution in [0.1, 0.15) is 40.8 Å². The molecule has 2 aromatic rings. The van der Waals surface area contributed by atoms with E-state index >= 15 is 0 Å². The van der Waals surface area contributed by atoms with Gasteiger partial charge in [0.15, 0.2) is 6.61 Å². The number of hydrogen-bond donors (Lipinski definition) is 1. The van der Waals surface area contributed by atoms with E-state index in [9.17, 15) is 14.9 Å². The number of hydrogen-bond acceptors (Lipinski definition) is 6. The number of esters is 1. The molecule has 0 unspecified atom stereocenters. The van der Waals surface area contributed by atoms with Crippen LogP contribution in [0.5, 0.6) is 5.75 Å². The minimum Gasteiger partial charge on any atom is -0.496 e. The number of anilines is 1. The standard InChI is InChI=1S/C22H22N2O4S/c1-27-18-9-6-5-7-15(18)11-12-21(26)28-14-20(25)24-22-17(13-23)16-8-3-2-4-10-19(16)29-22/h5-7,9,11-12H,2-4,8,10,14H2,1H3,(H,24,25). The SMILES string of the molecule is COc1ccccc1C=CC(=O)OCC(=O)Nc1sc2c(c1C#N)CCCCC2. The van der Waals surface area contributed by atoms with Gasteiger partial charge in [-0.05, 0) is 43.4 Å². The van der Waals surface area contributed by atoms with Crippen LogP contribution in [-0.4, -0.2) is 25.6 Å². The van der Waals surface area contributed by atoms with Crippen LogP contribution < -0.4 is 10.1 Å². The van der Waals surface area contributed by atoms with E-state index < -0.39 is 18.5 Å². The van der Waals surface area contributed by atoms with Crippen molar-refractivity contribution in [2.45, 2.75) is 32.1 Å². The van der Waals surface area contributed by atoms with Gasteiger partial charge in [-0.1, -0.05) is 24.6 Å². The summed E-state index contributed by atoms with van der Waals surface area (Å²) in [6.07, 6.45) is 7.94. The highest BCUT2D eigenvalue weighted by molar-refractivity contribution is 7.16. The normalized spacial score (nSPS) is 13.2. The molecule has 1 aliphatic rings. The first-order chi connectivity index (χ1) is 14.1. The van der Waals surface area contributed by atoms with Crippen LogP contribution in [0, 0.1) is 11.3 Å². The summed E-state index contributed by atoms with van der Waals surface area (Å²) < 4.78 is 10.2. The first-order valence-electron chi connectivity index (χ1n) is 9.44. The van der Waals surface area contributed by atoms with Crippen LogP contribution in [0.25, 0.3) is 6.08 Å². The van der Waals surface area contributed by atoms with Crippen molar-refractivity contribution < 1.29 is 19.1 Å². The lowest BCUT2D eigenvalue weighted by Gasteiger charge is -2.05. The van der Waals surface area contributed by atoms with E-state index in [1.807, 2.05) is 12.1 Å². The molecule has 1 aromatic heterocycles. The second kappa shape index (κ2) is 9.89. The number of para-hydroxylation sites is 1. The molecular formula is C22H22N2O4S. The third kappa shape index (κ3) is 5.24. The highest BCUT2D eigenvalue weighted by atomic mass is 32.1. The third-order valence-corrected chi connectivity index (χ3v) is 5.88. The number of nitrogens with zero attached hydrogens (tertiary/aromatic N) is 1. The predicted molar refractivity (Wildman–Crippen MR) is 112 cm³/mol. The molecule has 6 nitrogen and oxygen atoms in total. The van der Waals surface area contributed by atoms with Gasteiger partial charge in [0.2, 0.25) is 0 Å². The summed E-state index contributed by atoms with van der Waals surface area (Å²) in [4.78, 5) is 25.3. The van der Waals surface area contributed by atoms with Gasteiger partial charge in [-0.2, -0.15) is 5.26 Å². The van der Waals surface area contributed by atoms with Crippen LogP contribution in [0.4, 0.5) is 5.00 Å². The summed E-state index contributed by atoms with van der Waals surface area (Å²) in [7, 11) is 1.55. The molecule has 0 saturated carbocycles. The lowest BCUT2D eigenvalue weighted by molar-refractivity contribution is -0.142. The number of fused-ring (bicyclic) bond motifs is 1. The highest BCUT2D eigenvalue weighted by Gasteiger charge is 2.21. The van der Waals surface area contributed by atoms with Gasteiger partial charge in [0, 0.05) is 16.5 Å². The summed E-state index contributed by atoms with van der Waals surface area (Å²) in [6, 6.07) is 9.47. The second-order valence-corrected chi connectivity index (χ2v) is 7.72. The van der Waals surface area contributed by atoms with Gasteiger partial charge < -0.3 is 14.8 Å². The molecule has 0 atom stereocenters. The van der Waals surface area contributed by atoms with Crippen molar-refractivity contribution in [3.05, 3.63) is 51.9 Å². The zero-order chi connectivity index (χ0) is 20.6. The van der Waals surface area contributed by atoms with E-state index in [4.69, 9.17) is 9.47 Å². The van der Waals surface area contributed by atoms with Gasteiger partial charge in [-0.15, -0.1) is 11.3 Å². The minimum atomic E-state index is -0.631. The summed E-state index contributed by atoms with van der Waals surface area (Å²) in [5.74, 6) is -0.457. The van der Waals surface area contributed by atoms with E-state index in [0.717, 1.165) is 43.2 Å². The topological polar surface area (TPSA) is 88.4 Å². The Morgan fingerprint density at radius 2 is 2.03 bits per heavy atom. The zero-order valence-electron chi connectivity index (χ0n) is 16.2. The Labute approximate surface area is 173 Å². The van der Waals surface area contributed by atoms with Crippen molar-refractivity contribution in [2.24, 2.45) is 0 Å². The number of rotatable bonds is 6. The van der Waals surface area contributed by atoms with Crippen LogP contribution >= 0.6 is 11.3 Å². The zero-order valence-corrected chi connectivity index (χ0v) is 17.0. The van der Waals surface area contributed by atoms with Crippen LogP contribution in [0.3, 0.4) is 0 Å². The number of carbonyl (C=O) groups is 2. The number of nitrogens with one attached hydrogen (secondary N) is 1. The van der Waals surface area contributed by atoms with Crippen LogP contribution in [0.15, 0.2) is 30.3 Å². The minimum absolute atomic E-state index is 0.414. The Hall–Kier alpha value is -3.11. The van der Waals surface area contributed by atoms with Gasteiger partial charge >= 0.3 is 5.97 Å². The molecule has 0 bridgehead atoms. The Morgan fingerprint density at radius 1 is 1.24 bits per heavy atom. The fourth-order valence-electron chi connectivity index (χ4n) is 3.26. The van der Waals surface area contributed by atoms with Crippen molar-refractivity contribution in [3.63, 3.8) is 0 Å². The number of ether oxygens (including phenoxy) is 2. The monoisotopic (exact) mass is 410 g/mol. The summed E-state index contributed by atoms with van der Waals surface area (Å²) in [5, 5.41) is 12.8. The maximum absolute atomic E-state index is 12.2. The van der Waals surface area contributed by atoms with Gasteiger partial charge in [-0.3, -0.25) is 4.79 Å². The molecule has 29 heavy (non-hydrogen) atoms. The molecule has 1 aliphatic carbocycles. The van der Waals surface area contributed by atoms with Crippen molar-refractivity contribution >= 4 is 34.3 Å². The van der Waals surface area contributed by atoms with Gasteiger partial charge in [0.1, 0.15) is 16.8 Å². The van der Waals surface area contributed by atoms with Gasteiger partial charge in [-0.25, -0.2) is 4.79 Å². The fraction of sp³-hybridized carbons (Fsp3) is 0.318. The van der Waals surface area contributed by atoms with Crippen LogP contribution in [0.2, 0.25) is 0 Å². The second-order valence-electron chi connectivity index (χ2n) is 6.61. The van der Waals surface area contributed by atoms with E-state index in [1.165, 1.54) is 22.3 Å². The van der Waals surface area contributed by atoms with E-state index in [2.05, 4.69) is 11.4 Å². The summed E-state index contributed by atoms with van der Waals surface area (Å²) in [6.45, 7) is -0.414. The number of aryl methyl sites for hydroxylation is 1. The first kappa shape index (κ1) is 20.6. The third-order valence-electron chi connectivity index (χ3n) is 4.67. The molecule has 1 N–H and O–H groups in total. The maximum atomic E-state index is 12.2. The van der Waals surface area contributed by atoms with Crippen molar-refractivity contribution in [2.75, 3.05) is 19.0 Å². The molecular weight excluding hydrogens is 388 g/mol. The molecule has 0 saturated heterocycles. The van der Waals surface area contributed by atoms with Gasteiger partial charge in [0.25, 0.3) is 5.91 Å². The van der Waals surface area contributed by atoms with E-state index in [1.54, 1.807) is 25.3 Å². The quantitative estimate of drug-likeness (QED) is 0.440. The van der Waals surface area contributed by atoms with E-state index in [0.29, 0.717) is 16.3 Å². The van der Waals surface area contributed by atoms with Crippen molar-refractivity contribution in [1.29, 1.82) is 5.26 Å². The van der Waals surface area contributed by atoms with Gasteiger partial charge in [0.05, 0.1) is 12.7 Å². The van der Waals surface area contributed by atoms with Crippen molar-refractivity contribution in [3.8, 4) is 11.8 Å². The Bertz CT molecular complexity index is 972. The number of benzene rings is 1. The number of amides is 1. The molecule has 7 heteroatoms. The molecule has 0 aliphatic heterocycles. The summed E-state index contributed by atoms with van der Waals surface area (Å²) >= 11 is 1.45. The van der Waals surface area contributed by atoms with Crippen molar-refractivity contribution in [1.82, 2.24) is 0 Å². The summed E-state index contributed by atoms with van der Waals surface area (Å²) in [5.41, 5.74) is 2.33. The molecule has 3 rings (SSSR count). The average molecular weight is 410 g/mol. The molecule has 0 radical (unpaired) electrons. The molecule has 0 fully saturated rings. The first-order valence-corrected chi connectivity index (χ1v) is 10.3.